The monoisotopic (exact) mass is 436 g/mol. The normalized spacial score (nSPS) is 10.6. The van der Waals surface area contributed by atoms with Crippen LogP contribution < -0.4 is 9.47 Å². The Morgan fingerprint density at radius 1 is 1.00 bits per heavy atom. The van der Waals surface area contributed by atoms with Crippen molar-refractivity contribution >= 4 is 27.9 Å². The second-order valence-electron chi connectivity index (χ2n) is 5.85. The predicted molar refractivity (Wildman–Crippen MR) is 103 cm³/mol. The van der Waals surface area contributed by atoms with E-state index in [1.165, 1.54) is 31.4 Å². The van der Waals surface area contributed by atoms with Gasteiger partial charge in [0.15, 0.2) is 0 Å². The largest absolute Gasteiger partial charge is 0.490 e. The summed E-state index contributed by atoms with van der Waals surface area (Å²) >= 11 is 3.34. The average Bonchev–Trinajstić information content (AvgIpc) is 2.63. The lowest BCUT2D eigenvalue weighted by atomic mass is 10.2. The van der Waals surface area contributed by atoms with Crippen molar-refractivity contribution in [3.05, 3.63) is 58.1 Å². The number of rotatable bonds is 8. The van der Waals surface area contributed by atoms with Gasteiger partial charge in [0.25, 0.3) is 0 Å². The third-order valence-corrected chi connectivity index (χ3v) is 3.84. The Labute approximate surface area is 166 Å². The van der Waals surface area contributed by atoms with E-state index in [1.807, 2.05) is 13.8 Å². The van der Waals surface area contributed by atoms with Gasteiger partial charge in [-0.15, -0.1) is 0 Å². The molecule has 0 fully saturated rings. The van der Waals surface area contributed by atoms with E-state index in [4.69, 9.17) is 18.9 Å². The molecule has 0 saturated heterocycles. The van der Waals surface area contributed by atoms with Crippen molar-refractivity contribution in [1.82, 2.24) is 0 Å². The van der Waals surface area contributed by atoms with E-state index >= 15 is 0 Å². The first kappa shape index (κ1) is 20.9. The fourth-order valence-electron chi connectivity index (χ4n) is 2.14. The molecule has 0 N–H and O–H groups in total. The number of hydrogen-bond acceptors (Lipinski definition) is 6. The van der Waals surface area contributed by atoms with Crippen LogP contribution in [0, 0.1) is 0 Å². The van der Waals surface area contributed by atoms with Crippen molar-refractivity contribution in [3.63, 3.8) is 0 Å². The summed E-state index contributed by atoms with van der Waals surface area (Å²) in [6.45, 7) is 4.26. The van der Waals surface area contributed by atoms with E-state index in [1.54, 1.807) is 18.2 Å². The Morgan fingerprint density at radius 2 is 1.70 bits per heavy atom. The van der Waals surface area contributed by atoms with Crippen LogP contribution in [0.3, 0.4) is 0 Å². The first-order chi connectivity index (χ1) is 12.9. The molecule has 0 spiro atoms. The third kappa shape index (κ3) is 6.37. The number of methoxy groups -OCH3 is 1. The predicted octanol–water partition coefficient (Wildman–Crippen LogP) is 4.26. The van der Waals surface area contributed by atoms with Gasteiger partial charge in [-0.2, -0.15) is 0 Å². The Hall–Kier alpha value is -2.38. The molecule has 6 nitrogen and oxygen atoms in total. The third-order valence-electron chi connectivity index (χ3n) is 3.35. The van der Waals surface area contributed by atoms with E-state index < -0.39 is 11.9 Å². The number of halogens is 1. The summed E-state index contributed by atoms with van der Waals surface area (Å²) < 4.78 is 21.7. The molecule has 0 unspecified atom stereocenters. The van der Waals surface area contributed by atoms with Gasteiger partial charge >= 0.3 is 11.9 Å². The molecule has 2 rings (SSSR count). The van der Waals surface area contributed by atoms with Gasteiger partial charge in [0, 0.05) is 11.6 Å². The number of esters is 2. The number of ether oxygens (including phenoxy) is 4. The van der Waals surface area contributed by atoms with Crippen molar-refractivity contribution in [1.29, 1.82) is 0 Å². The zero-order valence-electron chi connectivity index (χ0n) is 15.4. The smallest absolute Gasteiger partial charge is 0.347 e. The van der Waals surface area contributed by atoms with Crippen molar-refractivity contribution in [2.45, 2.75) is 20.0 Å². The molecule has 0 heterocycles. The minimum Gasteiger partial charge on any atom is -0.490 e. The minimum absolute atomic E-state index is 0.0823. The molecule has 0 aromatic heterocycles. The van der Waals surface area contributed by atoms with Crippen molar-refractivity contribution < 1.29 is 28.5 Å². The van der Waals surface area contributed by atoms with E-state index in [9.17, 15) is 9.59 Å². The molecule has 0 aliphatic rings. The Morgan fingerprint density at radius 3 is 2.33 bits per heavy atom. The molecule has 0 amide bonds. The Balaban J connectivity index is 2.08. The van der Waals surface area contributed by atoms with Crippen LogP contribution in [0.1, 0.15) is 34.6 Å². The summed E-state index contributed by atoms with van der Waals surface area (Å²) in [6, 6.07) is 11.3. The van der Waals surface area contributed by atoms with Gasteiger partial charge in [-0.3, -0.25) is 0 Å². The van der Waals surface area contributed by atoms with Gasteiger partial charge in [0.1, 0.15) is 23.7 Å². The molecular formula is C20H21BrO6. The van der Waals surface area contributed by atoms with E-state index in [0.717, 1.165) is 4.47 Å². The molecule has 0 atom stereocenters. The molecular weight excluding hydrogens is 416 g/mol. The first-order valence-corrected chi connectivity index (χ1v) is 9.14. The quantitative estimate of drug-likeness (QED) is 0.349. The van der Waals surface area contributed by atoms with Gasteiger partial charge in [-0.25, -0.2) is 9.59 Å². The highest BCUT2D eigenvalue weighted by Crippen LogP contribution is 2.26. The molecule has 0 bridgehead atoms. The van der Waals surface area contributed by atoms with Gasteiger partial charge in [0.05, 0.1) is 18.3 Å². The summed E-state index contributed by atoms with van der Waals surface area (Å²) in [5.41, 5.74) is 0.665. The van der Waals surface area contributed by atoms with Crippen LogP contribution in [-0.4, -0.2) is 38.4 Å². The molecule has 7 heteroatoms. The summed E-state index contributed by atoms with van der Waals surface area (Å²) in [5, 5.41) is 0. The Kier molecular flexibility index (Phi) is 7.82. The number of hydrogen-bond donors (Lipinski definition) is 0. The number of benzene rings is 2. The summed E-state index contributed by atoms with van der Waals surface area (Å²) in [5.74, 6) is -0.271. The molecule has 0 aliphatic carbocycles. The van der Waals surface area contributed by atoms with Gasteiger partial charge in [-0.1, -0.05) is 15.9 Å². The fourth-order valence-corrected chi connectivity index (χ4v) is 2.50. The van der Waals surface area contributed by atoms with Gasteiger partial charge < -0.3 is 18.9 Å². The molecule has 2 aromatic rings. The highest BCUT2D eigenvalue weighted by molar-refractivity contribution is 9.10. The first-order valence-electron chi connectivity index (χ1n) is 8.35. The molecule has 2 aromatic carbocycles. The van der Waals surface area contributed by atoms with Crippen LogP contribution in [-0.2, 0) is 9.47 Å². The average molecular weight is 437 g/mol. The SMILES string of the molecule is COCCOC(=O)c1ccc(OC(=O)c2cc(Br)ccc2OC(C)C)cc1. The number of carbonyl (C=O) groups excluding carboxylic acids is 2. The summed E-state index contributed by atoms with van der Waals surface area (Å²) in [6.07, 6.45) is -0.0823. The van der Waals surface area contributed by atoms with Crippen LogP contribution in [0.15, 0.2) is 46.9 Å². The zero-order valence-corrected chi connectivity index (χ0v) is 16.9. The lowest BCUT2D eigenvalue weighted by molar-refractivity contribution is 0.0388. The lowest BCUT2D eigenvalue weighted by Gasteiger charge is -2.14. The van der Waals surface area contributed by atoms with E-state index in [0.29, 0.717) is 29.2 Å². The highest BCUT2D eigenvalue weighted by Gasteiger charge is 2.17. The van der Waals surface area contributed by atoms with Crippen LogP contribution >= 0.6 is 15.9 Å². The van der Waals surface area contributed by atoms with Crippen molar-refractivity contribution in [2.24, 2.45) is 0 Å². The van der Waals surface area contributed by atoms with Crippen molar-refractivity contribution in [2.75, 3.05) is 20.3 Å². The molecule has 27 heavy (non-hydrogen) atoms. The fraction of sp³-hybridized carbons (Fsp3) is 0.300. The molecule has 0 saturated carbocycles. The second-order valence-corrected chi connectivity index (χ2v) is 6.77. The summed E-state index contributed by atoms with van der Waals surface area (Å²) in [4.78, 5) is 24.4. The topological polar surface area (TPSA) is 71.1 Å². The van der Waals surface area contributed by atoms with E-state index in [2.05, 4.69) is 15.9 Å². The maximum atomic E-state index is 12.5. The lowest BCUT2D eigenvalue weighted by Crippen LogP contribution is -2.14. The zero-order chi connectivity index (χ0) is 19.8. The molecule has 144 valence electrons. The standard InChI is InChI=1S/C20H21BrO6/c1-13(2)26-18-9-6-15(21)12-17(18)20(23)27-16-7-4-14(5-8-16)19(22)25-11-10-24-3/h4-9,12-13H,10-11H2,1-3H3. The van der Waals surface area contributed by atoms with E-state index in [-0.39, 0.29) is 12.7 Å². The van der Waals surface area contributed by atoms with Gasteiger partial charge in [-0.05, 0) is 56.3 Å². The number of carbonyl (C=O) groups is 2. The van der Waals surface area contributed by atoms with Crippen LogP contribution in [0.25, 0.3) is 0 Å². The maximum absolute atomic E-state index is 12.5. The maximum Gasteiger partial charge on any atom is 0.347 e. The Bertz CT molecular complexity index is 786. The van der Waals surface area contributed by atoms with Gasteiger partial charge in [0.2, 0.25) is 0 Å². The summed E-state index contributed by atoms with van der Waals surface area (Å²) in [7, 11) is 1.53. The van der Waals surface area contributed by atoms with Crippen LogP contribution in [0.2, 0.25) is 0 Å². The second kappa shape index (κ2) is 10.1. The minimum atomic E-state index is -0.553. The van der Waals surface area contributed by atoms with Crippen molar-refractivity contribution in [3.8, 4) is 11.5 Å². The molecule has 0 radical (unpaired) electrons. The van der Waals surface area contributed by atoms with Crippen LogP contribution in [0.5, 0.6) is 11.5 Å². The van der Waals surface area contributed by atoms with Crippen LogP contribution in [0.4, 0.5) is 0 Å². The molecule has 0 aliphatic heterocycles. The highest BCUT2D eigenvalue weighted by atomic mass is 79.9.